The number of carbonyl (C=O) groups excluding carboxylic acids is 2. The fraction of sp³-hybridized carbons (Fsp3) is 0.143. The first kappa shape index (κ1) is 12.1. The molecule has 1 aromatic heterocycles. The summed E-state index contributed by atoms with van der Waals surface area (Å²) in [5, 5.41) is 0. The Bertz CT molecular complexity index is 572. The van der Waals surface area contributed by atoms with Gasteiger partial charge < -0.3 is 9.30 Å². The highest BCUT2D eigenvalue weighted by Crippen LogP contribution is 2.12. The van der Waals surface area contributed by atoms with Crippen LogP contribution in [-0.2, 0) is 7.05 Å². The Labute approximate surface area is 105 Å². The summed E-state index contributed by atoms with van der Waals surface area (Å²) in [4.78, 5) is 22.4. The third-order valence-electron chi connectivity index (χ3n) is 2.59. The number of carbonyl (C=O) groups is 2. The maximum atomic E-state index is 11.8. The van der Waals surface area contributed by atoms with Gasteiger partial charge in [0.25, 0.3) is 0 Å². The van der Waals surface area contributed by atoms with Crippen LogP contribution in [0.1, 0.15) is 20.8 Å². The molecule has 1 aromatic carbocycles. The Balaban J connectivity index is 2.01. The molecule has 2 rings (SSSR count). The number of ether oxygens (including phenoxy) is 1. The lowest BCUT2D eigenvalue weighted by Gasteiger charge is -2.06. The lowest BCUT2D eigenvalue weighted by molar-refractivity contribution is 0.0913. The predicted octanol–water partition coefficient (Wildman–Crippen LogP) is 2.10. The number of benzene rings is 1. The van der Waals surface area contributed by atoms with Gasteiger partial charge in [0, 0.05) is 18.8 Å². The molecular formula is C14H13NO3. The molecule has 0 fully saturated rings. The summed E-state index contributed by atoms with van der Waals surface area (Å²) in [6, 6.07) is 10.3. The van der Waals surface area contributed by atoms with Crippen LogP contribution in [0.5, 0.6) is 5.75 Å². The van der Waals surface area contributed by atoms with E-state index in [1.165, 1.54) is 0 Å². The zero-order chi connectivity index (χ0) is 13.0. The summed E-state index contributed by atoms with van der Waals surface area (Å²) in [5.41, 5.74) is 1.13. The molecule has 4 nitrogen and oxygen atoms in total. The van der Waals surface area contributed by atoms with Crippen LogP contribution in [0.4, 0.5) is 0 Å². The first-order valence-electron chi connectivity index (χ1n) is 5.53. The van der Waals surface area contributed by atoms with E-state index in [1.54, 1.807) is 54.2 Å². The molecule has 1 heterocycles. The molecule has 18 heavy (non-hydrogen) atoms. The molecule has 0 N–H and O–H groups in total. The molecule has 0 spiro atoms. The van der Waals surface area contributed by atoms with Crippen molar-refractivity contribution in [3.63, 3.8) is 0 Å². The highest BCUT2D eigenvalue weighted by molar-refractivity contribution is 5.95. The minimum Gasteiger partial charge on any atom is -0.485 e. The van der Waals surface area contributed by atoms with E-state index in [0.29, 0.717) is 17.0 Å². The molecule has 0 aliphatic carbocycles. The van der Waals surface area contributed by atoms with Gasteiger partial charge in [0.15, 0.2) is 6.61 Å². The van der Waals surface area contributed by atoms with Crippen LogP contribution >= 0.6 is 0 Å². The molecule has 0 saturated carbocycles. The standard InChI is InChI=1S/C14H13NO3/c1-15-7-3-6-13(15)14(17)10-18-12-5-2-4-11(8-12)9-16/h2-9H,10H2,1H3. The average molecular weight is 243 g/mol. The molecule has 0 aliphatic rings. The van der Waals surface area contributed by atoms with Crippen molar-refractivity contribution < 1.29 is 14.3 Å². The quantitative estimate of drug-likeness (QED) is 0.597. The van der Waals surface area contributed by atoms with E-state index in [1.807, 2.05) is 0 Å². The van der Waals surface area contributed by atoms with Crippen molar-refractivity contribution in [2.75, 3.05) is 6.61 Å². The van der Waals surface area contributed by atoms with Crippen LogP contribution in [0.25, 0.3) is 0 Å². The average Bonchev–Trinajstić information content (AvgIpc) is 2.82. The second-order valence-electron chi connectivity index (χ2n) is 3.91. The maximum absolute atomic E-state index is 11.8. The van der Waals surface area contributed by atoms with Crippen molar-refractivity contribution >= 4 is 12.1 Å². The summed E-state index contributed by atoms with van der Waals surface area (Å²) in [5.74, 6) is 0.418. The van der Waals surface area contributed by atoms with Crippen LogP contribution in [0, 0.1) is 0 Å². The van der Waals surface area contributed by atoms with Gasteiger partial charge in [-0.05, 0) is 24.3 Å². The molecule has 0 aliphatic heterocycles. The van der Waals surface area contributed by atoms with Gasteiger partial charge in [-0.3, -0.25) is 9.59 Å². The lowest BCUT2D eigenvalue weighted by atomic mass is 10.2. The smallest absolute Gasteiger partial charge is 0.216 e. The summed E-state index contributed by atoms with van der Waals surface area (Å²) in [6.45, 7) is -0.0415. The van der Waals surface area contributed by atoms with Crippen molar-refractivity contribution in [3.05, 3.63) is 53.9 Å². The van der Waals surface area contributed by atoms with Crippen molar-refractivity contribution in [1.82, 2.24) is 4.57 Å². The molecule has 0 radical (unpaired) electrons. The third kappa shape index (κ3) is 2.66. The van der Waals surface area contributed by atoms with E-state index in [0.717, 1.165) is 6.29 Å². The van der Waals surface area contributed by atoms with Crippen molar-refractivity contribution in [1.29, 1.82) is 0 Å². The topological polar surface area (TPSA) is 48.3 Å². The maximum Gasteiger partial charge on any atom is 0.216 e. The summed E-state index contributed by atoms with van der Waals surface area (Å²) >= 11 is 0. The summed E-state index contributed by atoms with van der Waals surface area (Å²) in [6.07, 6.45) is 2.55. The molecule has 0 unspecified atom stereocenters. The lowest BCUT2D eigenvalue weighted by Crippen LogP contribution is -2.14. The number of Topliss-reactive ketones (excluding diaryl/α,β-unsaturated/α-hetero) is 1. The van der Waals surface area contributed by atoms with Crippen LogP contribution in [0.15, 0.2) is 42.6 Å². The molecule has 0 atom stereocenters. The van der Waals surface area contributed by atoms with Crippen LogP contribution in [-0.4, -0.2) is 23.2 Å². The fourth-order valence-electron chi connectivity index (χ4n) is 1.65. The van der Waals surface area contributed by atoms with Gasteiger partial charge in [0.1, 0.15) is 12.0 Å². The zero-order valence-corrected chi connectivity index (χ0v) is 10.00. The molecule has 0 bridgehead atoms. The molecular weight excluding hydrogens is 230 g/mol. The van der Waals surface area contributed by atoms with Gasteiger partial charge in [-0.1, -0.05) is 12.1 Å². The third-order valence-corrected chi connectivity index (χ3v) is 2.59. The van der Waals surface area contributed by atoms with Crippen molar-refractivity contribution in [2.45, 2.75) is 0 Å². The van der Waals surface area contributed by atoms with Gasteiger partial charge in [-0.2, -0.15) is 0 Å². The minimum absolute atomic E-state index is 0.0415. The first-order chi connectivity index (χ1) is 8.70. The van der Waals surface area contributed by atoms with Gasteiger partial charge >= 0.3 is 0 Å². The number of aryl methyl sites for hydroxylation is 1. The fourth-order valence-corrected chi connectivity index (χ4v) is 1.65. The number of rotatable bonds is 5. The van der Waals surface area contributed by atoms with E-state index in [-0.39, 0.29) is 12.4 Å². The van der Waals surface area contributed by atoms with E-state index in [2.05, 4.69) is 0 Å². The summed E-state index contributed by atoms with van der Waals surface area (Å²) < 4.78 is 7.11. The number of ketones is 1. The molecule has 0 amide bonds. The molecule has 4 heteroatoms. The van der Waals surface area contributed by atoms with Crippen LogP contribution in [0.3, 0.4) is 0 Å². The SMILES string of the molecule is Cn1cccc1C(=O)COc1cccc(C=O)c1. The van der Waals surface area contributed by atoms with Crippen LogP contribution in [0.2, 0.25) is 0 Å². The van der Waals surface area contributed by atoms with Gasteiger partial charge in [-0.25, -0.2) is 0 Å². The van der Waals surface area contributed by atoms with Gasteiger partial charge in [0.05, 0.1) is 5.69 Å². The summed E-state index contributed by atoms with van der Waals surface area (Å²) in [7, 11) is 1.81. The monoisotopic (exact) mass is 243 g/mol. The first-order valence-corrected chi connectivity index (χ1v) is 5.53. The zero-order valence-electron chi connectivity index (χ0n) is 10.00. The van der Waals surface area contributed by atoms with E-state index < -0.39 is 0 Å². The van der Waals surface area contributed by atoms with Crippen molar-refractivity contribution in [2.24, 2.45) is 7.05 Å². The highest BCUT2D eigenvalue weighted by atomic mass is 16.5. The number of hydrogen-bond donors (Lipinski definition) is 0. The molecule has 0 saturated heterocycles. The van der Waals surface area contributed by atoms with Crippen molar-refractivity contribution in [3.8, 4) is 5.75 Å². The second kappa shape index (κ2) is 5.31. The van der Waals surface area contributed by atoms with E-state index >= 15 is 0 Å². The Morgan fingerprint density at radius 2 is 2.17 bits per heavy atom. The Kier molecular flexibility index (Phi) is 3.57. The highest BCUT2D eigenvalue weighted by Gasteiger charge is 2.09. The number of hydrogen-bond acceptors (Lipinski definition) is 3. The number of aromatic nitrogens is 1. The molecule has 2 aromatic rings. The second-order valence-corrected chi connectivity index (χ2v) is 3.91. The van der Waals surface area contributed by atoms with Gasteiger partial charge in [-0.15, -0.1) is 0 Å². The van der Waals surface area contributed by atoms with E-state index in [9.17, 15) is 9.59 Å². The Hall–Kier alpha value is -2.36. The van der Waals surface area contributed by atoms with E-state index in [4.69, 9.17) is 4.74 Å². The normalized spacial score (nSPS) is 10.1. The van der Waals surface area contributed by atoms with Crippen LogP contribution < -0.4 is 4.74 Å². The minimum atomic E-state index is -0.0981. The Morgan fingerprint density at radius 1 is 1.33 bits per heavy atom. The largest absolute Gasteiger partial charge is 0.485 e. The predicted molar refractivity (Wildman–Crippen MR) is 67.1 cm³/mol. The molecule has 92 valence electrons. The Morgan fingerprint density at radius 3 is 2.83 bits per heavy atom. The number of nitrogens with zero attached hydrogens (tertiary/aromatic N) is 1. The van der Waals surface area contributed by atoms with Gasteiger partial charge in [0.2, 0.25) is 5.78 Å². The number of aldehydes is 1.